The number of carboxylic acids is 1. The highest BCUT2D eigenvalue weighted by Crippen LogP contribution is 2.14. The largest absolute Gasteiger partial charge is 0.481 e. The minimum Gasteiger partial charge on any atom is -0.481 e. The molecule has 0 heterocycles. The summed E-state index contributed by atoms with van der Waals surface area (Å²) in [7, 11) is 0. The summed E-state index contributed by atoms with van der Waals surface area (Å²) >= 11 is 0. The summed E-state index contributed by atoms with van der Waals surface area (Å²) in [6, 6.07) is 7.15. The highest BCUT2D eigenvalue weighted by atomic mass is 16.4. The van der Waals surface area contributed by atoms with Crippen molar-refractivity contribution in [3.63, 3.8) is 0 Å². The number of amides is 2. The Hall–Kier alpha value is -2.04. The maximum Gasteiger partial charge on any atom is 0.319 e. The number of rotatable bonds is 21. The molecule has 3 N–H and O–H groups in total. The molecule has 0 spiro atoms. The summed E-state index contributed by atoms with van der Waals surface area (Å²) in [4.78, 5) is 22.6. The number of anilines is 1. The van der Waals surface area contributed by atoms with Gasteiger partial charge in [0.1, 0.15) is 0 Å². The number of hydrogen-bond donors (Lipinski definition) is 3. The van der Waals surface area contributed by atoms with Crippen LogP contribution in [-0.4, -0.2) is 23.7 Å². The molecule has 1 rings (SSSR count). The highest BCUT2D eigenvalue weighted by molar-refractivity contribution is 5.89. The van der Waals surface area contributed by atoms with E-state index in [0.717, 1.165) is 24.1 Å². The Morgan fingerprint density at radius 2 is 1.15 bits per heavy atom. The van der Waals surface area contributed by atoms with Gasteiger partial charge in [0.2, 0.25) is 0 Å². The van der Waals surface area contributed by atoms with Gasteiger partial charge < -0.3 is 15.7 Å². The zero-order valence-electron chi connectivity index (χ0n) is 21.0. The Morgan fingerprint density at radius 1 is 0.697 bits per heavy atom. The summed E-state index contributed by atoms with van der Waals surface area (Å²) in [5, 5.41) is 14.5. The van der Waals surface area contributed by atoms with Crippen molar-refractivity contribution >= 4 is 17.7 Å². The second kappa shape index (κ2) is 20.6. The van der Waals surface area contributed by atoms with E-state index in [1.807, 2.05) is 24.3 Å². The fraction of sp³-hybridized carbons (Fsp3) is 0.714. The van der Waals surface area contributed by atoms with Crippen LogP contribution in [0, 0.1) is 0 Å². The van der Waals surface area contributed by atoms with Crippen LogP contribution in [0.3, 0.4) is 0 Å². The lowest BCUT2D eigenvalue weighted by atomic mass is 10.0. The first-order valence-electron chi connectivity index (χ1n) is 13.5. The molecule has 0 atom stereocenters. The highest BCUT2D eigenvalue weighted by Gasteiger charge is 2.03. The van der Waals surface area contributed by atoms with Gasteiger partial charge in [-0.1, -0.05) is 115 Å². The summed E-state index contributed by atoms with van der Waals surface area (Å²) in [6.07, 6.45) is 22.1. The van der Waals surface area contributed by atoms with E-state index in [1.165, 1.54) is 89.9 Å². The molecule has 0 saturated heterocycles. The van der Waals surface area contributed by atoms with Gasteiger partial charge in [-0.05, 0) is 30.5 Å². The molecule has 1 aromatic carbocycles. The van der Waals surface area contributed by atoms with Crippen molar-refractivity contribution in [2.45, 2.75) is 122 Å². The first-order chi connectivity index (χ1) is 16.1. The van der Waals surface area contributed by atoms with Crippen LogP contribution in [0.1, 0.15) is 122 Å². The molecule has 33 heavy (non-hydrogen) atoms. The zero-order chi connectivity index (χ0) is 24.0. The fourth-order valence-corrected chi connectivity index (χ4v) is 4.06. The monoisotopic (exact) mass is 460 g/mol. The lowest BCUT2D eigenvalue weighted by Gasteiger charge is -2.08. The van der Waals surface area contributed by atoms with Gasteiger partial charge in [0, 0.05) is 18.7 Å². The Kier molecular flexibility index (Phi) is 18.1. The molecule has 0 unspecified atom stereocenters. The molecule has 0 aliphatic carbocycles. The third-order valence-electron chi connectivity index (χ3n) is 6.16. The predicted octanol–water partition coefficient (Wildman–Crippen LogP) is 8.09. The number of nitrogens with one attached hydrogen (secondary N) is 2. The average molecular weight is 461 g/mol. The van der Waals surface area contributed by atoms with Crippen molar-refractivity contribution in [2.75, 3.05) is 11.9 Å². The number of carboxylic acid groups (broad SMARTS) is 1. The second-order valence-corrected chi connectivity index (χ2v) is 9.27. The quantitative estimate of drug-likeness (QED) is 0.162. The van der Waals surface area contributed by atoms with Gasteiger partial charge in [-0.3, -0.25) is 4.79 Å². The Labute approximate surface area is 202 Å². The van der Waals surface area contributed by atoms with Gasteiger partial charge in [0.05, 0.1) is 0 Å². The van der Waals surface area contributed by atoms with E-state index in [2.05, 4.69) is 17.6 Å². The standard InChI is InChI=1S/C28H48N2O3/c1-2-3-4-5-6-7-8-9-10-11-12-13-14-15-16-17-24-29-28(33)30-26-21-18-25(19-22-26)20-23-27(31)32/h18-19,21-22H,2-17,20,23-24H2,1H3,(H,31,32)(H2,29,30,33). The summed E-state index contributed by atoms with van der Waals surface area (Å²) < 4.78 is 0. The topological polar surface area (TPSA) is 78.4 Å². The molecule has 5 heteroatoms. The molecule has 0 saturated carbocycles. The van der Waals surface area contributed by atoms with Crippen molar-refractivity contribution in [3.8, 4) is 0 Å². The van der Waals surface area contributed by atoms with Gasteiger partial charge in [0.25, 0.3) is 0 Å². The van der Waals surface area contributed by atoms with Crippen molar-refractivity contribution in [2.24, 2.45) is 0 Å². The summed E-state index contributed by atoms with van der Waals surface area (Å²) in [5.41, 5.74) is 1.68. The van der Waals surface area contributed by atoms with E-state index >= 15 is 0 Å². The van der Waals surface area contributed by atoms with E-state index in [0.29, 0.717) is 13.0 Å². The first kappa shape index (κ1) is 29.0. The molecule has 0 aliphatic heterocycles. The first-order valence-corrected chi connectivity index (χ1v) is 13.5. The van der Waals surface area contributed by atoms with E-state index in [4.69, 9.17) is 5.11 Å². The maximum atomic E-state index is 12.0. The van der Waals surface area contributed by atoms with Crippen molar-refractivity contribution in [3.05, 3.63) is 29.8 Å². The van der Waals surface area contributed by atoms with Crippen molar-refractivity contribution in [1.29, 1.82) is 0 Å². The number of urea groups is 1. The Bertz CT molecular complexity index is 616. The third-order valence-corrected chi connectivity index (χ3v) is 6.16. The van der Waals surface area contributed by atoms with E-state index in [-0.39, 0.29) is 12.5 Å². The van der Waals surface area contributed by atoms with Crippen LogP contribution < -0.4 is 10.6 Å². The third kappa shape index (κ3) is 18.1. The van der Waals surface area contributed by atoms with E-state index < -0.39 is 5.97 Å². The smallest absolute Gasteiger partial charge is 0.319 e. The molecule has 0 fully saturated rings. The molecule has 5 nitrogen and oxygen atoms in total. The minimum atomic E-state index is -0.800. The molecule has 1 aromatic rings. The van der Waals surface area contributed by atoms with Crippen LogP contribution in [0.15, 0.2) is 24.3 Å². The summed E-state index contributed by atoms with van der Waals surface area (Å²) in [5.74, 6) is -0.800. The van der Waals surface area contributed by atoms with Gasteiger partial charge in [0.15, 0.2) is 0 Å². The molecule has 0 bridgehead atoms. The lowest BCUT2D eigenvalue weighted by molar-refractivity contribution is -0.136. The maximum absolute atomic E-state index is 12.0. The predicted molar refractivity (Wildman–Crippen MR) is 139 cm³/mol. The number of carbonyl (C=O) groups is 2. The zero-order valence-corrected chi connectivity index (χ0v) is 21.0. The number of aliphatic carboxylic acids is 1. The number of carbonyl (C=O) groups excluding carboxylic acids is 1. The van der Waals surface area contributed by atoms with Crippen LogP contribution in [0.2, 0.25) is 0 Å². The lowest BCUT2D eigenvalue weighted by Crippen LogP contribution is -2.29. The molecule has 0 aliphatic rings. The number of benzene rings is 1. The van der Waals surface area contributed by atoms with Gasteiger partial charge in [-0.15, -0.1) is 0 Å². The average Bonchev–Trinajstić information content (AvgIpc) is 2.80. The normalized spacial score (nSPS) is 10.8. The molecular weight excluding hydrogens is 412 g/mol. The van der Waals surface area contributed by atoms with Gasteiger partial charge >= 0.3 is 12.0 Å². The van der Waals surface area contributed by atoms with Crippen LogP contribution in [-0.2, 0) is 11.2 Å². The summed E-state index contributed by atoms with van der Waals surface area (Å²) in [6.45, 7) is 2.97. The van der Waals surface area contributed by atoms with E-state index in [9.17, 15) is 9.59 Å². The SMILES string of the molecule is CCCCCCCCCCCCCCCCCCNC(=O)Nc1ccc(CCC(=O)O)cc1. The molecule has 188 valence electrons. The minimum absolute atomic E-state index is 0.118. The van der Waals surface area contributed by atoms with E-state index in [1.54, 1.807) is 0 Å². The van der Waals surface area contributed by atoms with Crippen LogP contribution in [0.5, 0.6) is 0 Å². The Balaban J connectivity index is 1.87. The Morgan fingerprint density at radius 3 is 1.61 bits per heavy atom. The van der Waals surface area contributed by atoms with Gasteiger partial charge in [-0.2, -0.15) is 0 Å². The van der Waals surface area contributed by atoms with Crippen LogP contribution >= 0.6 is 0 Å². The molecule has 0 aromatic heterocycles. The molecule has 0 radical (unpaired) electrons. The number of unbranched alkanes of at least 4 members (excludes halogenated alkanes) is 15. The number of aryl methyl sites for hydroxylation is 1. The van der Waals surface area contributed by atoms with Crippen molar-refractivity contribution < 1.29 is 14.7 Å². The van der Waals surface area contributed by atoms with Crippen LogP contribution in [0.25, 0.3) is 0 Å². The molecular formula is C28H48N2O3. The molecule has 2 amide bonds. The second-order valence-electron chi connectivity index (χ2n) is 9.27. The van der Waals surface area contributed by atoms with Crippen molar-refractivity contribution in [1.82, 2.24) is 5.32 Å². The van der Waals surface area contributed by atoms with Crippen LogP contribution in [0.4, 0.5) is 10.5 Å². The fourth-order valence-electron chi connectivity index (χ4n) is 4.06. The number of hydrogen-bond acceptors (Lipinski definition) is 2. The van der Waals surface area contributed by atoms with Gasteiger partial charge in [-0.25, -0.2) is 4.79 Å².